The van der Waals surface area contributed by atoms with E-state index < -0.39 is 12.0 Å². The molecule has 2 amide bonds. The SMILES string of the molecule is CC(NC(=O)N1CCCC1C(=O)O)c1ccncc1. The lowest BCUT2D eigenvalue weighted by Gasteiger charge is -2.24. The number of likely N-dealkylation sites (tertiary alicyclic amines) is 1. The number of carbonyl (C=O) groups is 2. The Hall–Kier alpha value is -2.11. The smallest absolute Gasteiger partial charge is 0.326 e. The normalized spacial score (nSPS) is 20.1. The molecule has 1 aliphatic heterocycles. The molecule has 0 aromatic carbocycles. The molecule has 6 nitrogen and oxygen atoms in total. The average molecular weight is 263 g/mol. The van der Waals surface area contributed by atoms with Gasteiger partial charge in [0.1, 0.15) is 6.04 Å². The molecule has 1 aliphatic rings. The first-order chi connectivity index (χ1) is 9.09. The summed E-state index contributed by atoms with van der Waals surface area (Å²) in [4.78, 5) is 28.4. The number of carboxylic acid groups (broad SMARTS) is 1. The van der Waals surface area contributed by atoms with Crippen LogP contribution in [0.1, 0.15) is 31.4 Å². The predicted molar refractivity (Wildman–Crippen MR) is 68.5 cm³/mol. The van der Waals surface area contributed by atoms with Crippen molar-refractivity contribution in [2.75, 3.05) is 6.54 Å². The number of aliphatic carboxylic acids is 1. The Balaban J connectivity index is 1.99. The second-order valence-corrected chi connectivity index (χ2v) is 4.64. The van der Waals surface area contributed by atoms with Gasteiger partial charge in [-0.3, -0.25) is 4.98 Å². The van der Waals surface area contributed by atoms with Crippen LogP contribution in [0.15, 0.2) is 24.5 Å². The lowest BCUT2D eigenvalue weighted by atomic mass is 10.1. The Morgan fingerprint density at radius 3 is 2.79 bits per heavy atom. The minimum absolute atomic E-state index is 0.175. The minimum atomic E-state index is -0.941. The topological polar surface area (TPSA) is 82.5 Å². The summed E-state index contributed by atoms with van der Waals surface area (Å²) < 4.78 is 0. The Morgan fingerprint density at radius 2 is 2.16 bits per heavy atom. The summed E-state index contributed by atoms with van der Waals surface area (Å²) in [5.74, 6) is -0.941. The quantitative estimate of drug-likeness (QED) is 0.863. The van der Waals surface area contributed by atoms with Crippen molar-refractivity contribution in [2.45, 2.75) is 31.8 Å². The van der Waals surface area contributed by atoms with Gasteiger partial charge in [-0.1, -0.05) is 0 Å². The highest BCUT2D eigenvalue weighted by Gasteiger charge is 2.34. The van der Waals surface area contributed by atoms with Gasteiger partial charge in [0.2, 0.25) is 0 Å². The van der Waals surface area contributed by atoms with Crippen molar-refractivity contribution in [2.24, 2.45) is 0 Å². The number of aromatic nitrogens is 1. The molecule has 19 heavy (non-hydrogen) atoms. The van der Waals surface area contributed by atoms with E-state index in [0.717, 1.165) is 12.0 Å². The molecule has 2 heterocycles. The Labute approximate surface area is 111 Å². The van der Waals surface area contributed by atoms with Crippen molar-refractivity contribution in [3.05, 3.63) is 30.1 Å². The third-order valence-electron chi connectivity index (χ3n) is 3.34. The molecule has 0 saturated carbocycles. The van der Waals surface area contributed by atoms with E-state index in [2.05, 4.69) is 10.3 Å². The third kappa shape index (κ3) is 3.01. The maximum absolute atomic E-state index is 12.1. The van der Waals surface area contributed by atoms with Crippen LogP contribution >= 0.6 is 0 Å². The molecule has 1 saturated heterocycles. The Bertz CT molecular complexity index is 463. The van der Waals surface area contributed by atoms with Gasteiger partial charge in [0.05, 0.1) is 6.04 Å². The molecule has 1 aromatic heterocycles. The molecule has 0 spiro atoms. The highest BCUT2D eigenvalue weighted by Crippen LogP contribution is 2.19. The molecule has 0 aliphatic carbocycles. The van der Waals surface area contributed by atoms with Crippen molar-refractivity contribution >= 4 is 12.0 Å². The van der Waals surface area contributed by atoms with E-state index in [1.54, 1.807) is 12.4 Å². The number of rotatable bonds is 3. The zero-order valence-corrected chi connectivity index (χ0v) is 10.7. The van der Waals surface area contributed by atoms with Crippen LogP contribution in [0.3, 0.4) is 0 Å². The number of nitrogens with zero attached hydrogens (tertiary/aromatic N) is 2. The van der Waals surface area contributed by atoms with E-state index in [1.807, 2.05) is 19.1 Å². The Morgan fingerprint density at radius 1 is 1.47 bits per heavy atom. The summed E-state index contributed by atoms with van der Waals surface area (Å²) in [6, 6.07) is 2.44. The summed E-state index contributed by atoms with van der Waals surface area (Å²) in [5.41, 5.74) is 0.939. The molecule has 1 aromatic rings. The van der Waals surface area contributed by atoms with Crippen LogP contribution in [-0.4, -0.2) is 39.6 Å². The van der Waals surface area contributed by atoms with Crippen LogP contribution in [0.4, 0.5) is 4.79 Å². The number of hydrogen-bond donors (Lipinski definition) is 2. The number of nitrogens with one attached hydrogen (secondary N) is 1. The predicted octanol–water partition coefficient (Wildman–Crippen LogP) is 1.40. The fraction of sp³-hybridized carbons (Fsp3) is 0.462. The van der Waals surface area contributed by atoms with Crippen molar-refractivity contribution in [3.8, 4) is 0 Å². The monoisotopic (exact) mass is 263 g/mol. The molecule has 0 bridgehead atoms. The number of pyridine rings is 1. The summed E-state index contributed by atoms with van der Waals surface area (Å²) in [6.45, 7) is 2.35. The number of amides is 2. The van der Waals surface area contributed by atoms with Gasteiger partial charge in [-0.05, 0) is 37.5 Å². The molecular formula is C13H17N3O3. The molecule has 102 valence electrons. The molecule has 1 fully saturated rings. The average Bonchev–Trinajstić information content (AvgIpc) is 2.89. The van der Waals surface area contributed by atoms with Crippen LogP contribution in [-0.2, 0) is 4.79 Å². The lowest BCUT2D eigenvalue weighted by Crippen LogP contribution is -2.46. The summed E-state index contributed by atoms with van der Waals surface area (Å²) in [5, 5.41) is 11.9. The molecule has 6 heteroatoms. The first-order valence-corrected chi connectivity index (χ1v) is 6.29. The van der Waals surface area contributed by atoms with E-state index in [9.17, 15) is 9.59 Å². The van der Waals surface area contributed by atoms with Crippen LogP contribution in [0.2, 0.25) is 0 Å². The van der Waals surface area contributed by atoms with Crippen LogP contribution in [0, 0.1) is 0 Å². The summed E-state index contributed by atoms with van der Waals surface area (Å²) in [7, 11) is 0. The first-order valence-electron chi connectivity index (χ1n) is 6.29. The van der Waals surface area contributed by atoms with E-state index in [0.29, 0.717) is 13.0 Å². The zero-order chi connectivity index (χ0) is 13.8. The standard InChI is InChI=1S/C13H17N3O3/c1-9(10-4-6-14-7-5-10)15-13(19)16-8-2-3-11(16)12(17)18/h4-7,9,11H,2-3,8H2,1H3,(H,15,19)(H,17,18). The Kier molecular flexibility index (Phi) is 3.99. The van der Waals surface area contributed by atoms with Crippen molar-refractivity contribution in [3.63, 3.8) is 0 Å². The zero-order valence-electron chi connectivity index (χ0n) is 10.7. The van der Waals surface area contributed by atoms with Gasteiger partial charge in [-0.15, -0.1) is 0 Å². The van der Waals surface area contributed by atoms with E-state index in [4.69, 9.17) is 5.11 Å². The van der Waals surface area contributed by atoms with Crippen LogP contribution in [0.5, 0.6) is 0 Å². The summed E-state index contributed by atoms with van der Waals surface area (Å²) >= 11 is 0. The molecule has 2 unspecified atom stereocenters. The molecular weight excluding hydrogens is 246 g/mol. The fourth-order valence-corrected chi connectivity index (χ4v) is 2.27. The van der Waals surface area contributed by atoms with E-state index >= 15 is 0 Å². The second kappa shape index (κ2) is 5.69. The van der Waals surface area contributed by atoms with Crippen molar-refractivity contribution < 1.29 is 14.7 Å². The van der Waals surface area contributed by atoms with Gasteiger partial charge in [0, 0.05) is 18.9 Å². The van der Waals surface area contributed by atoms with Crippen molar-refractivity contribution in [1.82, 2.24) is 15.2 Å². The first kappa shape index (κ1) is 13.3. The van der Waals surface area contributed by atoms with Crippen LogP contribution in [0.25, 0.3) is 0 Å². The second-order valence-electron chi connectivity index (χ2n) is 4.64. The van der Waals surface area contributed by atoms with Crippen LogP contribution < -0.4 is 5.32 Å². The third-order valence-corrected chi connectivity index (χ3v) is 3.34. The molecule has 2 N–H and O–H groups in total. The molecule has 2 rings (SSSR count). The highest BCUT2D eigenvalue weighted by atomic mass is 16.4. The van der Waals surface area contributed by atoms with E-state index in [-0.39, 0.29) is 12.1 Å². The van der Waals surface area contributed by atoms with Gasteiger partial charge < -0.3 is 15.3 Å². The molecule has 2 atom stereocenters. The largest absolute Gasteiger partial charge is 0.480 e. The van der Waals surface area contributed by atoms with Gasteiger partial charge in [0.25, 0.3) is 0 Å². The number of hydrogen-bond acceptors (Lipinski definition) is 3. The number of urea groups is 1. The van der Waals surface area contributed by atoms with Crippen molar-refractivity contribution in [1.29, 1.82) is 0 Å². The highest BCUT2D eigenvalue weighted by molar-refractivity contribution is 5.83. The maximum Gasteiger partial charge on any atom is 0.326 e. The van der Waals surface area contributed by atoms with Gasteiger partial charge >= 0.3 is 12.0 Å². The minimum Gasteiger partial charge on any atom is -0.480 e. The number of carboxylic acids is 1. The van der Waals surface area contributed by atoms with Gasteiger partial charge in [-0.25, -0.2) is 9.59 Å². The van der Waals surface area contributed by atoms with Gasteiger partial charge in [-0.2, -0.15) is 0 Å². The van der Waals surface area contributed by atoms with Gasteiger partial charge in [0.15, 0.2) is 0 Å². The summed E-state index contributed by atoms with van der Waals surface area (Å²) in [6.07, 6.45) is 4.57. The fourth-order valence-electron chi connectivity index (χ4n) is 2.27. The molecule has 0 radical (unpaired) electrons. The van der Waals surface area contributed by atoms with E-state index in [1.165, 1.54) is 4.90 Å². The number of carbonyl (C=O) groups excluding carboxylic acids is 1. The maximum atomic E-state index is 12.1. The lowest BCUT2D eigenvalue weighted by molar-refractivity contribution is -0.141.